The minimum atomic E-state index is -1.55. The van der Waals surface area contributed by atoms with E-state index in [1.54, 1.807) is 0 Å². The second-order valence-corrected chi connectivity index (χ2v) is 0.971. The van der Waals surface area contributed by atoms with Crippen LogP contribution in [-0.2, 0) is 26.4 Å². The van der Waals surface area contributed by atoms with Crippen LogP contribution in [0, 0.1) is 0 Å². The summed E-state index contributed by atoms with van der Waals surface area (Å²) in [5.41, 5.74) is 0. The van der Waals surface area contributed by atoms with Crippen LogP contribution in [0.15, 0.2) is 12.2 Å². The van der Waals surface area contributed by atoms with Crippen LogP contribution in [0.25, 0.3) is 0 Å². The summed E-state index contributed by atoms with van der Waals surface area (Å²) in [6, 6.07) is 0. The number of carboxylic acids is 2. The van der Waals surface area contributed by atoms with Gasteiger partial charge in [0.2, 0.25) is 0 Å². The largest absolute Gasteiger partial charge is 2.00 e. The monoisotopic (exact) mass is 173 g/mol. The van der Waals surface area contributed by atoms with Crippen LogP contribution in [-0.4, -0.2) is 11.9 Å². The molecule has 0 N–H and O–H groups in total. The molecule has 0 aliphatic carbocycles. The molecule has 0 saturated carbocycles. The summed E-state index contributed by atoms with van der Waals surface area (Å²) in [6.45, 7) is 0. The van der Waals surface area contributed by atoms with E-state index in [9.17, 15) is 19.8 Å². The van der Waals surface area contributed by atoms with Crippen molar-refractivity contribution in [3.05, 3.63) is 12.2 Å². The zero-order valence-electron chi connectivity index (χ0n) is 4.12. The summed E-state index contributed by atoms with van der Waals surface area (Å²) in [5, 5.41) is 18.8. The molecule has 1 radical (unpaired) electrons. The van der Waals surface area contributed by atoms with E-state index in [1.807, 2.05) is 0 Å². The van der Waals surface area contributed by atoms with Crippen molar-refractivity contribution in [1.29, 1.82) is 0 Å². The van der Waals surface area contributed by atoms with Crippen LogP contribution < -0.4 is 10.2 Å². The molecule has 5 heteroatoms. The Balaban J connectivity index is 0. The zero-order chi connectivity index (χ0) is 6.57. The van der Waals surface area contributed by atoms with E-state index in [1.165, 1.54) is 0 Å². The Kier molecular flexibility index (Phi) is 6.54. The molecule has 0 aliphatic rings. The maximum Gasteiger partial charge on any atom is 2.00 e. The van der Waals surface area contributed by atoms with Crippen molar-refractivity contribution < 1.29 is 36.6 Å². The predicted molar refractivity (Wildman–Crippen MR) is 19.2 cm³/mol. The van der Waals surface area contributed by atoms with Crippen LogP contribution in [0.4, 0.5) is 0 Å². The standard InChI is InChI=1S/C4H4O4.Co/c5-3(6)1-2-4(7)8;/h1-2H,(H,5,6)(H,7,8);/q;+2/p-2/b2-1-;. The summed E-state index contributed by atoms with van der Waals surface area (Å²) in [4.78, 5) is 18.8. The molecule has 0 unspecified atom stereocenters. The first-order chi connectivity index (χ1) is 3.63. The first-order valence-electron chi connectivity index (χ1n) is 1.73. The summed E-state index contributed by atoms with van der Waals surface area (Å²) in [5.74, 6) is -3.09. The Morgan fingerprint density at radius 1 is 1.00 bits per heavy atom. The Morgan fingerprint density at radius 2 is 1.22 bits per heavy atom. The predicted octanol–water partition coefficient (Wildman–Crippen LogP) is -2.96. The van der Waals surface area contributed by atoms with Crippen molar-refractivity contribution in [2.24, 2.45) is 0 Å². The van der Waals surface area contributed by atoms with Gasteiger partial charge in [0.05, 0.1) is 11.9 Å². The van der Waals surface area contributed by atoms with Crippen LogP contribution in [0.5, 0.6) is 0 Å². The fraction of sp³-hybridized carbons (Fsp3) is 0. The SMILES string of the molecule is O=C([O-])/C=C\C(=O)[O-].[Co+2]. The summed E-state index contributed by atoms with van der Waals surface area (Å²) in [7, 11) is 0. The van der Waals surface area contributed by atoms with Crippen molar-refractivity contribution >= 4 is 11.9 Å². The molecule has 9 heavy (non-hydrogen) atoms. The van der Waals surface area contributed by atoms with Crippen LogP contribution in [0.2, 0.25) is 0 Å². The molecular weight excluding hydrogens is 171 g/mol. The van der Waals surface area contributed by atoms with E-state index in [4.69, 9.17) is 0 Å². The van der Waals surface area contributed by atoms with Gasteiger partial charge in [-0.15, -0.1) is 0 Å². The number of aliphatic carboxylic acids is 2. The smallest absolute Gasteiger partial charge is 0.545 e. The Morgan fingerprint density at radius 3 is 1.33 bits per heavy atom. The van der Waals surface area contributed by atoms with E-state index in [2.05, 4.69) is 0 Å². The van der Waals surface area contributed by atoms with Gasteiger partial charge in [-0.05, 0) is 12.2 Å². The first-order valence-corrected chi connectivity index (χ1v) is 1.73. The molecule has 0 rings (SSSR count). The van der Waals surface area contributed by atoms with Gasteiger partial charge in [0.15, 0.2) is 0 Å². The molecule has 0 saturated heterocycles. The molecule has 0 aromatic carbocycles. The molecule has 0 fully saturated rings. The molecular formula is C4H2CoO4. The maximum absolute atomic E-state index is 9.41. The average molecular weight is 173 g/mol. The number of hydrogen-bond acceptors (Lipinski definition) is 4. The van der Waals surface area contributed by atoms with E-state index < -0.39 is 11.9 Å². The second kappa shape index (κ2) is 5.33. The number of carboxylic acid groups (broad SMARTS) is 2. The Labute approximate surface area is 61.4 Å². The third-order valence-corrected chi connectivity index (χ3v) is 0.355. The van der Waals surface area contributed by atoms with Crippen LogP contribution in [0.1, 0.15) is 0 Å². The normalized spacial score (nSPS) is 8.44. The van der Waals surface area contributed by atoms with E-state index in [0.29, 0.717) is 12.2 Å². The molecule has 0 aliphatic heterocycles. The molecule has 0 heterocycles. The molecule has 51 valence electrons. The minimum absolute atomic E-state index is 0. The maximum atomic E-state index is 9.41. The molecule has 0 atom stereocenters. The van der Waals surface area contributed by atoms with E-state index in [-0.39, 0.29) is 16.8 Å². The third kappa shape index (κ3) is 11.0. The quantitative estimate of drug-likeness (QED) is 0.418. The van der Waals surface area contributed by atoms with Gasteiger partial charge in [0, 0.05) is 0 Å². The second-order valence-electron chi connectivity index (χ2n) is 0.971. The molecule has 0 amide bonds. The van der Waals surface area contributed by atoms with Gasteiger partial charge in [0.1, 0.15) is 0 Å². The van der Waals surface area contributed by atoms with Crippen molar-refractivity contribution in [1.82, 2.24) is 0 Å². The van der Waals surface area contributed by atoms with Gasteiger partial charge >= 0.3 is 16.8 Å². The zero-order valence-corrected chi connectivity index (χ0v) is 5.16. The fourth-order valence-corrected chi connectivity index (χ4v) is 0.136. The van der Waals surface area contributed by atoms with Gasteiger partial charge in [-0.25, -0.2) is 0 Å². The van der Waals surface area contributed by atoms with Gasteiger partial charge in [-0.2, -0.15) is 0 Å². The van der Waals surface area contributed by atoms with Crippen LogP contribution >= 0.6 is 0 Å². The van der Waals surface area contributed by atoms with Crippen molar-refractivity contribution in [2.45, 2.75) is 0 Å². The number of carbonyl (C=O) groups excluding carboxylic acids is 2. The average Bonchev–Trinajstić information content (AvgIpc) is 1.61. The number of carbonyl (C=O) groups is 2. The van der Waals surface area contributed by atoms with E-state index >= 15 is 0 Å². The Bertz CT molecular complexity index is 124. The van der Waals surface area contributed by atoms with Gasteiger partial charge in [0.25, 0.3) is 0 Å². The minimum Gasteiger partial charge on any atom is -0.545 e. The molecule has 0 bridgehead atoms. The topological polar surface area (TPSA) is 80.3 Å². The molecule has 0 spiro atoms. The fourth-order valence-electron chi connectivity index (χ4n) is 0.136. The molecule has 0 aromatic rings. The van der Waals surface area contributed by atoms with Crippen molar-refractivity contribution in [3.8, 4) is 0 Å². The number of hydrogen-bond donors (Lipinski definition) is 0. The summed E-state index contributed by atoms with van der Waals surface area (Å²) >= 11 is 0. The van der Waals surface area contributed by atoms with Crippen molar-refractivity contribution in [2.75, 3.05) is 0 Å². The summed E-state index contributed by atoms with van der Waals surface area (Å²) in [6.07, 6.45) is 0.769. The number of rotatable bonds is 2. The molecule has 0 aromatic heterocycles. The van der Waals surface area contributed by atoms with Crippen molar-refractivity contribution in [3.63, 3.8) is 0 Å². The van der Waals surface area contributed by atoms with Gasteiger partial charge in [-0.3, -0.25) is 0 Å². The third-order valence-electron chi connectivity index (χ3n) is 0.355. The van der Waals surface area contributed by atoms with E-state index in [0.717, 1.165) is 0 Å². The van der Waals surface area contributed by atoms with Gasteiger partial charge < -0.3 is 19.8 Å². The first kappa shape index (κ1) is 11.0. The van der Waals surface area contributed by atoms with Crippen LogP contribution in [0.3, 0.4) is 0 Å². The Hall–Kier alpha value is -0.814. The molecule has 4 nitrogen and oxygen atoms in total. The summed E-state index contributed by atoms with van der Waals surface area (Å²) < 4.78 is 0. The van der Waals surface area contributed by atoms with Gasteiger partial charge in [-0.1, -0.05) is 0 Å².